The van der Waals surface area contributed by atoms with Gasteiger partial charge >= 0.3 is 9.90 Å². The Morgan fingerprint density at radius 2 is 2.03 bits per heavy atom. The number of aromatic nitrogens is 2. The number of carbonyl (C=O) groups excluding carboxylic acids is 1. The second kappa shape index (κ2) is 13.2. The van der Waals surface area contributed by atoms with Crippen LogP contribution in [0.1, 0.15) is 57.0 Å². The van der Waals surface area contributed by atoms with E-state index < -0.39 is 27.9 Å². The van der Waals surface area contributed by atoms with Crippen LogP contribution in [0.15, 0.2) is 46.7 Å². The van der Waals surface area contributed by atoms with Gasteiger partial charge in [-0.15, -0.1) is 0 Å². The summed E-state index contributed by atoms with van der Waals surface area (Å²) in [4.78, 5) is 25.7. The van der Waals surface area contributed by atoms with Gasteiger partial charge in [0.2, 0.25) is 5.95 Å². The lowest BCUT2D eigenvalue weighted by Crippen LogP contribution is -2.26. The van der Waals surface area contributed by atoms with E-state index in [0.717, 1.165) is 45.0 Å². The lowest BCUT2D eigenvalue weighted by molar-refractivity contribution is -0.141. The summed E-state index contributed by atoms with van der Waals surface area (Å²) in [5.74, 6) is -1.07. The Kier molecular flexibility index (Phi) is 10.5. The largest absolute Gasteiger partial charge is 0.465 e. The Bertz CT molecular complexity index is 1230. The lowest BCUT2D eigenvalue weighted by Gasteiger charge is -2.22. The van der Waals surface area contributed by atoms with Crippen molar-refractivity contribution in [3.05, 3.63) is 64.1 Å². The van der Waals surface area contributed by atoms with Gasteiger partial charge in [-0.05, 0) is 75.8 Å². The van der Waals surface area contributed by atoms with Crippen molar-refractivity contribution in [1.29, 1.82) is 0 Å². The quantitative estimate of drug-likeness (QED) is 0.122. The molecule has 0 aliphatic carbocycles. The number of nitrogens with zero attached hydrogens (tertiary/aromatic N) is 3. The molecule has 2 aromatic rings. The van der Waals surface area contributed by atoms with Gasteiger partial charge in [0.25, 0.3) is 0 Å². The minimum Gasteiger partial charge on any atom is -0.465 e. The molecule has 0 amide bonds. The Morgan fingerprint density at radius 3 is 2.67 bits per heavy atom. The van der Waals surface area contributed by atoms with Gasteiger partial charge in [0, 0.05) is 58.6 Å². The SMILES string of the molecule is CC=N/C(=C(\C)C(C)Cc1cc(C(F)(F)I)ccc1C)[C@H](C)Nc1nccc(CC2C(=O)OC[C@@H]2[C@H](C)F)n1. The Balaban J connectivity index is 1.79. The highest BCUT2D eigenvalue weighted by Gasteiger charge is 2.40. The van der Waals surface area contributed by atoms with E-state index in [0.29, 0.717) is 18.1 Å². The van der Waals surface area contributed by atoms with Crippen LogP contribution in [-0.4, -0.2) is 41.0 Å². The number of benzene rings is 1. The van der Waals surface area contributed by atoms with E-state index in [1.165, 1.54) is 13.0 Å². The standard InChI is InChI=1S/C29H36F3IN4O2/c1-7-34-26(18(4)17(3)12-21-13-22(29(31,32)33)9-8-16(21)2)20(6)36-28-35-11-10-23(37-28)14-24-25(19(5)30)15-39-27(24)38/h7-11,13,17,19-20,24-25H,12,14-15H2,1-6H3,(H,35,36,37)/b26-18+,34-7?/t17?,19-,20-,24?,25+/m0/s1. The van der Waals surface area contributed by atoms with Crippen LogP contribution in [-0.2, 0) is 26.3 Å². The first-order valence-corrected chi connectivity index (χ1v) is 14.1. The first-order chi connectivity index (χ1) is 18.3. The number of alkyl halides is 4. The number of carbonyl (C=O) groups is 1. The number of hydrogen-bond acceptors (Lipinski definition) is 6. The summed E-state index contributed by atoms with van der Waals surface area (Å²) >= 11 is 1.16. The predicted octanol–water partition coefficient (Wildman–Crippen LogP) is 7.00. The van der Waals surface area contributed by atoms with E-state index in [1.807, 2.05) is 27.7 Å². The van der Waals surface area contributed by atoms with Crippen LogP contribution in [0.4, 0.5) is 19.1 Å². The van der Waals surface area contributed by atoms with Gasteiger partial charge in [-0.3, -0.25) is 9.79 Å². The average molecular weight is 657 g/mol. The first-order valence-electron chi connectivity index (χ1n) is 13.1. The Hall–Kier alpha value is -2.50. The summed E-state index contributed by atoms with van der Waals surface area (Å²) in [6.45, 7) is 11.3. The van der Waals surface area contributed by atoms with Crippen molar-refractivity contribution in [2.24, 2.45) is 22.7 Å². The van der Waals surface area contributed by atoms with E-state index >= 15 is 0 Å². The van der Waals surface area contributed by atoms with Crippen LogP contribution in [0.25, 0.3) is 0 Å². The molecule has 1 aliphatic rings. The van der Waals surface area contributed by atoms with Gasteiger partial charge in [-0.1, -0.05) is 19.1 Å². The monoisotopic (exact) mass is 656 g/mol. The molecule has 2 heterocycles. The van der Waals surface area contributed by atoms with Crippen molar-refractivity contribution in [2.45, 2.75) is 70.5 Å². The van der Waals surface area contributed by atoms with Crippen LogP contribution in [0.5, 0.6) is 0 Å². The molecule has 39 heavy (non-hydrogen) atoms. The smallest absolute Gasteiger partial charge is 0.321 e. The second-order valence-corrected chi connectivity index (χ2v) is 11.6. The van der Waals surface area contributed by atoms with Crippen LogP contribution in [0.3, 0.4) is 0 Å². The minimum absolute atomic E-state index is 0.00504. The number of allylic oxidation sites excluding steroid dienone is 1. The molecule has 0 bridgehead atoms. The topological polar surface area (TPSA) is 76.5 Å². The molecule has 1 fully saturated rings. The highest BCUT2D eigenvalue weighted by Crippen LogP contribution is 2.37. The van der Waals surface area contributed by atoms with Crippen LogP contribution in [0, 0.1) is 24.7 Å². The van der Waals surface area contributed by atoms with Gasteiger partial charge in [0.15, 0.2) is 0 Å². The van der Waals surface area contributed by atoms with Gasteiger partial charge in [-0.25, -0.2) is 14.4 Å². The fourth-order valence-corrected chi connectivity index (χ4v) is 5.16. The number of anilines is 1. The molecule has 6 nitrogen and oxygen atoms in total. The molecular weight excluding hydrogens is 620 g/mol. The summed E-state index contributed by atoms with van der Waals surface area (Å²) in [7, 11) is 0. The van der Waals surface area contributed by atoms with Crippen molar-refractivity contribution < 1.29 is 22.7 Å². The number of hydrogen-bond donors (Lipinski definition) is 1. The minimum atomic E-state index is -2.93. The first kappa shape index (κ1) is 31.0. The van der Waals surface area contributed by atoms with E-state index in [4.69, 9.17) is 4.74 Å². The summed E-state index contributed by atoms with van der Waals surface area (Å²) in [5, 5.41) is 3.29. The van der Waals surface area contributed by atoms with Crippen LogP contribution in [0.2, 0.25) is 0 Å². The molecule has 5 atom stereocenters. The number of aliphatic imine (C=N–C) groups is 1. The molecule has 1 aromatic heterocycles. The molecule has 0 radical (unpaired) electrons. The maximum atomic E-state index is 14.0. The molecule has 212 valence electrons. The molecule has 10 heteroatoms. The summed E-state index contributed by atoms with van der Waals surface area (Å²) in [6, 6.07) is 6.25. The van der Waals surface area contributed by atoms with Crippen molar-refractivity contribution in [2.75, 3.05) is 11.9 Å². The van der Waals surface area contributed by atoms with Gasteiger partial charge in [0.05, 0.1) is 24.3 Å². The van der Waals surface area contributed by atoms with Gasteiger partial charge in [-0.2, -0.15) is 8.78 Å². The highest BCUT2D eigenvalue weighted by atomic mass is 127. The summed E-state index contributed by atoms with van der Waals surface area (Å²) in [5.41, 5.74) is 4.27. The van der Waals surface area contributed by atoms with E-state index in [1.54, 1.807) is 30.6 Å². The zero-order chi connectivity index (χ0) is 28.9. The Morgan fingerprint density at radius 1 is 1.31 bits per heavy atom. The zero-order valence-electron chi connectivity index (χ0n) is 23.1. The number of esters is 1. The van der Waals surface area contributed by atoms with Crippen molar-refractivity contribution in [1.82, 2.24) is 9.97 Å². The number of aryl methyl sites for hydroxylation is 1. The highest BCUT2D eigenvalue weighted by molar-refractivity contribution is 14.1. The lowest BCUT2D eigenvalue weighted by atomic mass is 9.88. The number of ether oxygens (including phenoxy) is 1. The average Bonchev–Trinajstić information content (AvgIpc) is 3.23. The van der Waals surface area contributed by atoms with E-state index in [-0.39, 0.29) is 30.6 Å². The van der Waals surface area contributed by atoms with Gasteiger partial charge in [0.1, 0.15) is 6.17 Å². The molecule has 1 aliphatic heterocycles. The zero-order valence-corrected chi connectivity index (χ0v) is 25.3. The maximum Gasteiger partial charge on any atom is 0.321 e. The summed E-state index contributed by atoms with van der Waals surface area (Å²) in [6.07, 6.45) is 3.02. The number of rotatable bonds is 11. The third-order valence-electron chi connectivity index (χ3n) is 7.34. The third-order valence-corrected chi connectivity index (χ3v) is 7.96. The third kappa shape index (κ3) is 8.02. The molecule has 1 saturated heterocycles. The molecule has 3 rings (SSSR count). The Labute approximate surface area is 242 Å². The van der Waals surface area contributed by atoms with Crippen molar-refractivity contribution in [3.8, 4) is 0 Å². The predicted molar refractivity (Wildman–Crippen MR) is 156 cm³/mol. The van der Waals surface area contributed by atoms with Crippen LogP contribution >= 0.6 is 22.6 Å². The second-order valence-electron chi connectivity index (χ2n) is 10.2. The maximum absolute atomic E-state index is 14.0. The molecule has 0 saturated carbocycles. The normalized spacial score (nSPS) is 20.9. The van der Waals surface area contributed by atoms with Crippen molar-refractivity contribution in [3.63, 3.8) is 0 Å². The molecular formula is C29H36F3IN4O2. The number of cyclic esters (lactones) is 1. The molecule has 0 spiro atoms. The van der Waals surface area contributed by atoms with Gasteiger partial charge < -0.3 is 10.1 Å². The molecule has 1 N–H and O–H groups in total. The van der Waals surface area contributed by atoms with Crippen molar-refractivity contribution >= 4 is 40.7 Å². The number of halogens is 4. The van der Waals surface area contributed by atoms with Crippen LogP contribution < -0.4 is 5.32 Å². The number of nitrogens with one attached hydrogen (secondary N) is 1. The van der Waals surface area contributed by atoms with E-state index in [2.05, 4.69) is 27.2 Å². The fourth-order valence-electron chi connectivity index (χ4n) is 4.83. The summed E-state index contributed by atoms with van der Waals surface area (Å²) < 4.78 is 44.0. The molecule has 1 aromatic carbocycles. The fraction of sp³-hybridized carbons (Fsp3) is 0.517. The van der Waals surface area contributed by atoms with E-state index in [9.17, 15) is 18.0 Å². The molecule has 2 unspecified atom stereocenters.